The Morgan fingerprint density at radius 3 is 2.48 bits per heavy atom. The molecule has 0 fully saturated rings. The average Bonchev–Trinajstić information content (AvgIpc) is 3.30. The Balaban J connectivity index is 1.40. The second kappa shape index (κ2) is 9.13. The van der Waals surface area contributed by atoms with E-state index in [1.165, 1.54) is 0 Å². The number of hydrogen-bond acceptors (Lipinski definition) is 6. The molecule has 7 heteroatoms. The quantitative estimate of drug-likeness (QED) is 0.469. The summed E-state index contributed by atoms with van der Waals surface area (Å²) in [4.78, 5) is 16.6. The van der Waals surface area contributed by atoms with Crippen LogP contribution in [0.3, 0.4) is 0 Å². The third-order valence-corrected chi connectivity index (χ3v) is 4.56. The molecule has 4 aromatic rings. The summed E-state index contributed by atoms with van der Waals surface area (Å²) >= 11 is 0. The van der Waals surface area contributed by atoms with Gasteiger partial charge in [0, 0.05) is 16.8 Å². The topological polar surface area (TPSA) is 86.5 Å². The SMILES string of the molecule is COc1ccc(-c2noc(-c3cccc(OCC(=O)Nc4ccc(C)cc4)c3)n2)cc1. The Hall–Kier alpha value is -4.13. The normalized spacial score (nSPS) is 10.5. The number of nitrogens with one attached hydrogen (secondary N) is 1. The van der Waals surface area contributed by atoms with Crippen molar-refractivity contribution in [3.63, 3.8) is 0 Å². The molecule has 0 bridgehead atoms. The van der Waals surface area contributed by atoms with E-state index in [-0.39, 0.29) is 12.5 Å². The largest absolute Gasteiger partial charge is 0.497 e. The van der Waals surface area contributed by atoms with Crippen molar-refractivity contribution in [2.75, 3.05) is 19.0 Å². The van der Waals surface area contributed by atoms with Crippen molar-refractivity contribution < 1.29 is 18.8 Å². The monoisotopic (exact) mass is 415 g/mol. The molecule has 3 aromatic carbocycles. The van der Waals surface area contributed by atoms with Gasteiger partial charge in [0.2, 0.25) is 5.82 Å². The lowest BCUT2D eigenvalue weighted by atomic mass is 10.2. The molecule has 156 valence electrons. The van der Waals surface area contributed by atoms with E-state index in [0.29, 0.717) is 23.0 Å². The summed E-state index contributed by atoms with van der Waals surface area (Å²) in [7, 11) is 1.61. The Labute approximate surface area is 179 Å². The van der Waals surface area contributed by atoms with Crippen LogP contribution in [0.2, 0.25) is 0 Å². The number of carbonyl (C=O) groups is 1. The summed E-state index contributed by atoms with van der Waals surface area (Å²) in [6.45, 7) is 1.88. The zero-order valence-corrected chi connectivity index (χ0v) is 17.2. The van der Waals surface area contributed by atoms with Gasteiger partial charge in [-0.2, -0.15) is 4.98 Å². The Morgan fingerprint density at radius 1 is 0.968 bits per heavy atom. The number of carbonyl (C=O) groups excluding carboxylic acids is 1. The van der Waals surface area contributed by atoms with Crippen molar-refractivity contribution in [1.82, 2.24) is 10.1 Å². The number of anilines is 1. The Morgan fingerprint density at radius 2 is 1.74 bits per heavy atom. The molecule has 0 unspecified atom stereocenters. The van der Waals surface area contributed by atoms with Crippen molar-refractivity contribution >= 4 is 11.6 Å². The zero-order valence-electron chi connectivity index (χ0n) is 17.2. The van der Waals surface area contributed by atoms with E-state index in [0.717, 1.165) is 22.6 Å². The lowest BCUT2D eigenvalue weighted by Gasteiger charge is -2.08. The van der Waals surface area contributed by atoms with Gasteiger partial charge in [-0.3, -0.25) is 4.79 Å². The van der Waals surface area contributed by atoms with Crippen LogP contribution in [-0.4, -0.2) is 29.8 Å². The highest BCUT2D eigenvalue weighted by Gasteiger charge is 2.12. The van der Waals surface area contributed by atoms with Crippen LogP contribution >= 0.6 is 0 Å². The number of amides is 1. The van der Waals surface area contributed by atoms with Crippen molar-refractivity contribution in [3.8, 4) is 34.3 Å². The van der Waals surface area contributed by atoms with E-state index in [4.69, 9.17) is 14.0 Å². The first-order valence-corrected chi connectivity index (χ1v) is 9.68. The fraction of sp³-hybridized carbons (Fsp3) is 0.125. The molecule has 0 saturated heterocycles. The number of nitrogens with zero attached hydrogens (tertiary/aromatic N) is 2. The minimum Gasteiger partial charge on any atom is -0.497 e. The van der Waals surface area contributed by atoms with Gasteiger partial charge < -0.3 is 19.3 Å². The number of rotatable bonds is 7. The Bertz CT molecular complexity index is 1170. The lowest BCUT2D eigenvalue weighted by Crippen LogP contribution is -2.20. The molecule has 7 nitrogen and oxygen atoms in total. The van der Waals surface area contributed by atoms with Gasteiger partial charge in [-0.05, 0) is 61.5 Å². The third-order valence-electron chi connectivity index (χ3n) is 4.56. The summed E-state index contributed by atoms with van der Waals surface area (Å²) in [5, 5.41) is 6.84. The van der Waals surface area contributed by atoms with Crippen molar-refractivity contribution in [1.29, 1.82) is 0 Å². The average molecular weight is 415 g/mol. The molecular formula is C24H21N3O4. The second-order valence-electron chi connectivity index (χ2n) is 6.88. The highest BCUT2D eigenvalue weighted by atomic mass is 16.5. The van der Waals surface area contributed by atoms with Crippen LogP contribution in [0.4, 0.5) is 5.69 Å². The predicted octanol–water partition coefficient (Wildman–Crippen LogP) is 4.74. The molecule has 1 amide bonds. The van der Waals surface area contributed by atoms with Gasteiger partial charge >= 0.3 is 0 Å². The summed E-state index contributed by atoms with van der Waals surface area (Å²) in [5.74, 6) is 1.88. The fourth-order valence-corrected chi connectivity index (χ4v) is 2.90. The van der Waals surface area contributed by atoms with Gasteiger partial charge in [-0.25, -0.2) is 0 Å². The minimum atomic E-state index is -0.242. The summed E-state index contributed by atoms with van der Waals surface area (Å²) in [6.07, 6.45) is 0. The molecule has 0 aliphatic rings. The predicted molar refractivity (Wildman–Crippen MR) is 117 cm³/mol. The molecule has 0 radical (unpaired) electrons. The molecule has 1 N–H and O–H groups in total. The van der Waals surface area contributed by atoms with Crippen molar-refractivity contribution in [3.05, 3.63) is 78.4 Å². The second-order valence-corrected chi connectivity index (χ2v) is 6.88. The molecular weight excluding hydrogens is 394 g/mol. The van der Waals surface area contributed by atoms with E-state index in [1.54, 1.807) is 25.3 Å². The number of benzene rings is 3. The van der Waals surface area contributed by atoms with E-state index in [2.05, 4.69) is 15.5 Å². The maximum Gasteiger partial charge on any atom is 0.262 e. The third kappa shape index (κ3) is 5.08. The number of methoxy groups -OCH3 is 1. The number of ether oxygens (including phenoxy) is 2. The molecule has 0 spiro atoms. The Kier molecular flexibility index (Phi) is 5.93. The lowest BCUT2D eigenvalue weighted by molar-refractivity contribution is -0.118. The fourth-order valence-electron chi connectivity index (χ4n) is 2.90. The van der Waals surface area contributed by atoms with Gasteiger partial charge in [0.05, 0.1) is 7.11 Å². The van der Waals surface area contributed by atoms with Gasteiger partial charge in [0.15, 0.2) is 6.61 Å². The minimum absolute atomic E-state index is 0.113. The van der Waals surface area contributed by atoms with Gasteiger partial charge in [0.1, 0.15) is 11.5 Å². The van der Waals surface area contributed by atoms with Gasteiger partial charge in [0.25, 0.3) is 11.8 Å². The van der Waals surface area contributed by atoms with Crippen LogP contribution in [0.1, 0.15) is 5.56 Å². The first-order chi connectivity index (χ1) is 15.1. The molecule has 1 aromatic heterocycles. The van der Waals surface area contributed by atoms with E-state index in [9.17, 15) is 4.79 Å². The van der Waals surface area contributed by atoms with E-state index in [1.807, 2.05) is 61.5 Å². The van der Waals surface area contributed by atoms with Crippen LogP contribution < -0.4 is 14.8 Å². The first-order valence-electron chi connectivity index (χ1n) is 9.68. The molecule has 0 atom stereocenters. The van der Waals surface area contributed by atoms with E-state index >= 15 is 0 Å². The number of aromatic nitrogens is 2. The summed E-state index contributed by atoms with van der Waals surface area (Å²) < 4.78 is 16.2. The van der Waals surface area contributed by atoms with Crippen LogP contribution in [0.5, 0.6) is 11.5 Å². The highest BCUT2D eigenvalue weighted by molar-refractivity contribution is 5.91. The molecule has 0 aliphatic heterocycles. The smallest absolute Gasteiger partial charge is 0.262 e. The van der Waals surface area contributed by atoms with E-state index < -0.39 is 0 Å². The van der Waals surface area contributed by atoms with Crippen molar-refractivity contribution in [2.24, 2.45) is 0 Å². The summed E-state index contributed by atoms with van der Waals surface area (Å²) in [6, 6.07) is 22.1. The van der Waals surface area contributed by atoms with Crippen LogP contribution in [-0.2, 0) is 4.79 Å². The zero-order chi connectivity index (χ0) is 21.6. The first kappa shape index (κ1) is 20.2. The molecule has 1 heterocycles. The van der Waals surface area contributed by atoms with Crippen LogP contribution in [0.15, 0.2) is 77.3 Å². The summed E-state index contributed by atoms with van der Waals surface area (Å²) in [5.41, 5.74) is 3.37. The molecule has 4 rings (SSSR count). The molecule has 31 heavy (non-hydrogen) atoms. The highest BCUT2D eigenvalue weighted by Crippen LogP contribution is 2.26. The maximum atomic E-state index is 12.1. The van der Waals surface area contributed by atoms with Crippen LogP contribution in [0, 0.1) is 6.92 Å². The molecule has 0 aliphatic carbocycles. The molecule has 0 saturated carbocycles. The standard InChI is InChI=1S/C24H21N3O4/c1-16-6-10-19(11-7-16)25-22(28)15-30-21-5-3-4-18(14-21)24-26-23(27-31-24)17-8-12-20(29-2)13-9-17/h3-14H,15H2,1-2H3,(H,25,28). The number of hydrogen-bond donors (Lipinski definition) is 1. The number of aryl methyl sites for hydroxylation is 1. The van der Waals surface area contributed by atoms with Gasteiger partial charge in [-0.1, -0.05) is 28.9 Å². The van der Waals surface area contributed by atoms with Crippen LogP contribution in [0.25, 0.3) is 22.8 Å². The van der Waals surface area contributed by atoms with Crippen molar-refractivity contribution in [2.45, 2.75) is 6.92 Å². The maximum absolute atomic E-state index is 12.1. The van der Waals surface area contributed by atoms with Gasteiger partial charge in [-0.15, -0.1) is 0 Å².